The summed E-state index contributed by atoms with van der Waals surface area (Å²) in [6.45, 7) is 6.76. The van der Waals surface area contributed by atoms with Crippen LogP contribution >= 0.6 is 11.8 Å². The lowest BCUT2D eigenvalue weighted by atomic mass is 9.90. The fourth-order valence-corrected chi connectivity index (χ4v) is 2.60. The molecular formula is C18H21N3O4S. The van der Waals surface area contributed by atoms with E-state index in [2.05, 4.69) is 16.4 Å². The van der Waals surface area contributed by atoms with Crippen molar-refractivity contribution in [1.82, 2.24) is 10.3 Å². The first-order valence-corrected chi connectivity index (χ1v) is 9.15. The Hall–Kier alpha value is -2.53. The van der Waals surface area contributed by atoms with Crippen molar-refractivity contribution in [3.63, 3.8) is 0 Å². The Morgan fingerprint density at radius 1 is 1.38 bits per heavy atom. The van der Waals surface area contributed by atoms with E-state index in [1.54, 1.807) is 13.0 Å². The maximum atomic E-state index is 12.2. The second-order valence-corrected chi connectivity index (χ2v) is 7.25. The van der Waals surface area contributed by atoms with Crippen LogP contribution in [0.25, 0.3) is 11.1 Å². The monoisotopic (exact) mass is 375 g/mol. The number of benzene rings is 1. The summed E-state index contributed by atoms with van der Waals surface area (Å²) in [5.41, 5.74) is 0.325. The first-order chi connectivity index (χ1) is 12.2. The molecule has 0 spiro atoms. The smallest absolute Gasteiger partial charge is 0.317 e. The summed E-state index contributed by atoms with van der Waals surface area (Å²) in [5.74, 6) is -1.20. The first kappa shape index (κ1) is 19.8. The molecule has 2 atom stereocenters. The average Bonchev–Trinajstić information content (AvgIpc) is 3.02. The number of fused-ring (bicyclic) bond motifs is 1. The number of carbonyl (C=O) groups is 2. The lowest BCUT2D eigenvalue weighted by molar-refractivity contribution is -0.152. The molecule has 2 aromatic rings. The van der Waals surface area contributed by atoms with Crippen molar-refractivity contribution in [2.45, 2.75) is 44.6 Å². The normalized spacial score (nSPS) is 14.5. The summed E-state index contributed by atoms with van der Waals surface area (Å²) in [7, 11) is 0. The molecule has 0 radical (unpaired) electrons. The van der Waals surface area contributed by atoms with Crippen molar-refractivity contribution in [2.24, 2.45) is 5.92 Å². The zero-order valence-electron chi connectivity index (χ0n) is 15.1. The Kier molecular flexibility index (Phi) is 6.27. The van der Waals surface area contributed by atoms with E-state index in [0.29, 0.717) is 16.3 Å². The van der Waals surface area contributed by atoms with Crippen LogP contribution < -0.4 is 5.32 Å². The van der Waals surface area contributed by atoms with E-state index in [0.717, 1.165) is 11.8 Å². The minimum Gasteiger partial charge on any atom is -0.452 e. The van der Waals surface area contributed by atoms with Crippen molar-refractivity contribution in [3.8, 4) is 6.07 Å². The highest BCUT2D eigenvalue weighted by atomic mass is 32.2. The maximum absolute atomic E-state index is 12.2. The Balaban J connectivity index is 1.86. The molecule has 0 aliphatic heterocycles. The number of thioether (sulfide) groups is 1. The van der Waals surface area contributed by atoms with Crippen LogP contribution in [0.2, 0.25) is 0 Å². The first-order valence-electron chi connectivity index (χ1n) is 8.16. The van der Waals surface area contributed by atoms with Gasteiger partial charge in [0.2, 0.25) is 0 Å². The zero-order valence-corrected chi connectivity index (χ0v) is 15.9. The number of nitrogens with one attached hydrogen (secondary N) is 1. The summed E-state index contributed by atoms with van der Waals surface area (Å²) in [6, 6.07) is 9.37. The van der Waals surface area contributed by atoms with Gasteiger partial charge >= 0.3 is 5.97 Å². The highest BCUT2D eigenvalue weighted by Crippen LogP contribution is 2.23. The summed E-state index contributed by atoms with van der Waals surface area (Å²) in [6.07, 6.45) is -1.00. The van der Waals surface area contributed by atoms with Crippen LogP contribution in [-0.2, 0) is 14.3 Å². The predicted octanol–water partition coefficient (Wildman–Crippen LogP) is 2.91. The number of amides is 1. The number of nitriles is 1. The number of ether oxygens (including phenoxy) is 1. The lowest BCUT2D eigenvalue weighted by Crippen LogP contribution is -2.52. The SMILES string of the molecule is CC(C)[C@@](C)(C#N)NC(=O)[C@@H](C)OC(=O)CSc1nc2ccccc2o1. The Morgan fingerprint density at radius 2 is 2.08 bits per heavy atom. The molecule has 1 aromatic heterocycles. The van der Waals surface area contributed by atoms with Gasteiger partial charge in [-0.3, -0.25) is 9.59 Å². The number of aromatic nitrogens is 1. The highest BCUT2D eigenvalue weighted by Gasteiger charge is 2.32. The highest BCUT2D eigenvalue weighted by molar-refractivity contribution is 7.99. The van der Waals surface area contributed by atoms with E-state index in [9.17, 15) is 14.9 Å². The predicted molar refractivity (Wildman–Crippen MR) is 97.3 cm³/mol. The van der Waals surface area contributed by atoms with Gasteiger partial charge in [0.05, 0.1) is 6.07 Å². The van der Waals surface area contributed by atoms with Crippen molar-refractivity contribution in [1.29, 1.82) is 5.26 Å². The molecular weight excluding hydrogens is 354 g/mol. The lowest BCUT2D eigenvalue weighted by Gasteiger charge is -2.28. The number of hydrogen-bond acceptors (Lipinski definition) is 7. The van der Waals surface area contributed by atoms with Gasteiger partial charge in [0.15, 0.2) is 11.7 Å². The molecule has 7 nitrogen and oxygen atoms in total. The third-order valence-corrected chi connectivity index (χ3v) is 4.84. The van der Waals surface area contributed by atoms with Gasteiger partial charge in [0, 0.05) is 0 Å². The van der Waals surface area contributed by atoms with Gasteiger partial charge in [-0.05, 0) is 31.9 Å². The van der Waals surface area contributed by atoms with Crippen LogP contribution in [0.5, 0.6) is 0 Å². The van der Waals surface area contributed by atoms with Crippen LogP contribution in [0.15, 0.2) is 33.9 Å². The molecule has 0 saturated carbocycles. The van der Waals surface area contributed by atoms with Crippen LogP contribution in [-0.4, -0.2) is 34.3 Å². The molecule has 138 valence electrons. The molecule has 0 bridgehead atoms. The largest absolute Gasteiger partial charge is 0.452 e. The number of nitrogens with zero attached hydrogens (tertiary/aromatic N) is 2. The second kappa shape index (κ2) is 8.23. The molecule has 0 unspecified atom stereocenters. The maximum Gasteiger partial charge on any atom is 0.317 e. The minimum atomic E-state index is -1.02. The number of para-hydroxylation sites is 2. The van der Waals surface area contributed by atoms with Gasteiger partial charge < -0.3 is 14.5 Å². The summed E-state index contributed by atoms with van der Waals surface area (Å²) in [4.78, 5) is 28.4. The van der Waals surface area contributed by atoms with Crippen molar-refractivity contribution < 1.29 is 18.7 Å². The fourth-order valence-electron chi connectivity index (χ4n) is 1.98. The molecule has 1 aromatic carbocycles. The Bertz CT molecular complexity index is 809. The standard InChI is InChI=1S/C18H21N3O4S/c1-11(2)18(4,10-19)21-16(23)12(3)24-15(22)9-26-17-20-13-7-5-6-8-14(13)25-17/h5-8,11-12H,9H2,1-4H3,(H,21,23)/t12-,18-/m1/s1. The van der Waals surface area contributed by atoms with E-state index in [4.69, 9.17) is 9.15 Å². The fraction of sp³-hybridized carbons (Fsp3) is 0.444. The molecule has 0 fully saturated rings. The third kappa shape index (κ3) is 4.76. The number of oxazole rings is 1. The van der Waals surface area contributed by atoms with Crippen LogP contribution in [0.4, 0.5) is 0 Å². The molecule has 26 heavy (non-hydrogen) atoms. The average molecular weight is 375 g/mol. The molecule has 0 aliphatic rings. The molecule has 0 saturated heterocycles. The second-order valence-electron chi connectivity index (χ2n) is 6.33. The summed E-state index contributed by atoms with van der Waals surface area (Å²) in [5, 5.41) is 12.2. The van der Waals surface area contributed by atoms with Gasteiger partial charge in [-0.15, -0.1) is 0 Å². The third-order valence-electron chi connectivity index (χ3n) is 4.04. The zero-order chi connectivity index (χ0) is 19.3. The van der Waals surface area contributed by atoms with Crippen molar-refractivity contribution >= 4 is 34.7 Å². The summed E-state index contributed by atoms with van der Waals surface area (Å²) < 4.78 is 10.6. The minimum absolute atomic E-state index is 0.0376. The summed E-state index contributed by atoms with van der Waals surface area (Å²) >= 11 is 1.09. The molecule has 2 rings (SSSR count). The van der Waals surface area contributed by atoms with Gasteiger partial charge in [-0.25, -0.2) is 4.98 Å². The van der Waals surface area contributed by atoms with E-state index in [-0.39, 0.29) is 11.7 Å². The number of hydrogen-bond donors (Lipinski definition) is 1. The van der Waals surface area contributed by atoms with Crippen molar-refractivity contribution in [3.05, 3.63) is 24.3 Å². The van der Waals surface area contributed by atoms with Crippen LogP contribution in [0.1, 0.15) is 27.7 Å². The molecule has 1 heterocycles. The number of rotatable bonds is 7. The number of esters is 1. The Morgan fingerprint density at radius 3 is 2.69 bits per heavy atom. The van der Waals surface area contributed by atoms with Gasteiger partial charge in [0.1, 0.15) is 16.8 Å². The quantitative estimate of drug-likeness (QED) is 0.586. The van der Waals surface area contributed by atoms with E-state index in [1.807, 2.05) is 32.0 Å². The van der Waals surface area contributed by atoms with Gasteiger partial charge in [-0.2, -0.15) is 5.26 Å². The van der Waals surface area contributed by atoms with Crippen LogP contribution in [0, 0.1) is 17.2 Å². The Labute approximate surface area is 156 Å². The van der Waals surface area contributed by atoms with E-state index in [1.165, 1.54) is 6.92 Å². The molecule has 1 amide bonds. The molecule has 0 aliphatic carbocycles. The van der Waals surface area contributed by atoms with E-state index >= 15 is 0 Å². The number of carbonyl (C=O) groups excluding carboxylic acids is 2. The molecule has 8 heteroatoms. The molecule has 1 N–H and O–H groups in total. The van der Waals surface area contributed by atoms with Crippen molar-refractivity contribution in [2.75, 3.05) is 5.75 Å². The van der Waals surface area contributed by atoms with Gasteiger partial charge in [-0.1, -0.05) is 37.7 Å². The van der Waals surface area contributed by atoms with Gasteiger partial charge in [0.25, 0.3) is 11.1 Å². The van der Waals surface area contributed by atoms with Crippen LogP contribution in [0.3, 0.4) is 0 Å². The van der Waals surface area contributed by atoms with E-state index < -0.39 is 23.5 Å². The topological polar surface area (TPSA) is 105 Å².